The predicted molar refractivity (Wildman–Crippen MR) is 175 cm³/mol. The lowest BCUT2D eigenvalue weighted by Crippen LogP contribution is -2.38. The van der Waals surface area contributed by atoms with Gasteiger partial charge in [-0.3, -0.25) is 19.4 Å². The Kier molecular flexibility index (Phi) is 8.75. The number of pyridine rings is 3. The minimum absolute atomic E-state index is 0.141. The average Bonchev–Trinajstić information content (AvgIpc) is 3.42. The van der Waals surface area contributed by atoms with Crippen LogP contribution in [0.15, 0.2) is 85.3 Å². The van der Waals surface area contributed by atoms with Crippen molar-refractivity contribution in [1.82, 2.24) is 29.4 Å². The Morgan fingerprint density at radius 1 is 0.933 bits per heavy atom. The number of piperidine rings is 1. The number of hydrogen-bond acceptors (Lipinski definition) is 8. The van der Waals surface area contributed by atoms with Crippen LogP contribution in [0.3, 0.4) is 0 Å². The molecule has 4 aromatic heterocycles. The van der Waals surface area contributed by atoms with Crippen LogP contribution in [0.2, 0.25) is 0 Å². The fraction of sp³-hybridized carbons (Fsp3) is 0.343. The van der Waals surface area contributed by atoms with Crippen LogP contribution in [0.1, 0.15) is 46.1 Å². The molecule has 6 rings (SSSR count). The van der Waals surface area contributed by atoms with E-state index in [1.165, 1.54) is 0 Å². The largest absolute Gasteiger partial charge is 0.490 e. The lowest BCUT2D eigenvalue weighted by molar-refractivity contribution is 0.0581. The Morgan fingerprint density at radius 3 is 2.42 bits per heavy atom. The van der Waals surface area contributed by atoms with Crippen molar-refractivity contribution in [1.29, 1.82) is 0 Å². The van der Waals surface area contributed by atoms with Crippen molar-refractivity contribution in [3.8, 4) is 23.0 Å². The van der Waals surface area contributed by atoms with Gasteiger partial charge in [0.05, 0.1) is 0 Å². The van der Waals surface area contributed by atoms with Crippen LogP contribution in [-0.2, 0) is 11.3 Å². The zero-order valence-electron chi connectivity index (χ0n) is 26.3. The number of nitrogens with zero attached hydrogens (tertiary/aromatic N) is 7. The zero-order chi connectivity index (χ0) is 31.4. The highest BCUT2D eigenvalue weighted by atomic mass is 16.6. The topological polar surface area (TPSA) is 98.5 Å². The monoisotopic (exact) mass is 605 g/mol. The minimum Gasteiger partial charge on any atom is -0.490 e. The van der Waals surface area contributed by atoms with Gasteiger partial charge in [0.1, 0.15) is 34.5 Å². The highest BCUT2D eigenvalue weighted by molar-refractivity contribution is 5.86. The molecule has 1 aromatic carbocycles. The molecule has 0 spiro atoms. The molecule has 1 aliphatic rings. The normalized spacial score (nSPS) is 14.4. The molecule has 0 unspecified atom stereocenters. The lowest BCUT2D eigenvalue weighted by Gasteiger charge is -2.32. The summed E-state index contributed by atoms with van der Waals surface area (Å²) in [6.45, 7) is 10.6. The number of fused-ring (bicyclic) bond motifs is 1. The number of anilines is 1. The van der Waals surface area contributed by atoms with E-state index >= 15 is 0 Å². The third kappa shape index (κ3) is 7.12. The summed E-state index contributed by atoms with van der Waals surface area (Å²) in [5.41, 5.74) is 3.89. The van der Waals surface area contributed by atoms with Gasteiger partial charge in [-0.05, 0) is 107 Å². The number of imidazole rings is 1. The second-order valence-electron chi connectivity index (χ2n) is 12.2. The number of likely N-dealkylation sites (tertiary alicyclic amines) is 1. The van der Waals surface area contributed by atoms with Crippen LogP contribution in [0.5, 0.6) is 5.75 Å². The first-order valence-electron chi connectivity index (χ1n) is 15.5. The van der Waals surface area contributed by atoms with Crippen LogP contribution >= 0.6 is 0 Å². The molecular weight excluding hydrogens is 566 g/mol. The molecule has 0 N–H and O–H groups in total. The van der Waals surface area contributed by atoms with Gasteiger partial charge in [-0.1, -0.05) is 6.07 Å². The Bertz CT molecular complexity index is 1740. The van der Waals surface area contributed by atoms with Crippen LogP contribution in [0, 0.1) is 0 Å². The molecule has 0 bridgehead atoms. The van der Waals surface area contributed by atoms with E-state index in [0.717, 1.165) is 72.2 Å². The molecule has 45 heavy (non-hydrogen) atoms. The third-order valence-corrected chi connectivity index (χ3v) is 7.67. The van der Waals surface area contributed by atoms with Gasteiger partial charge in [-0.15, -0.1) is 0 Å². The first-order chi connectivity index (χ1) is 21.8. The summed E-state index contributed by atoms with van der Waals surface area (Å²) in [6.07, 6.45) is 6.93. The Hall–Kier alpha value is -4.83. The fourth-order valence-electron chi connectivity index (χ4n) is 5.54. The summed E-state index contributed by atoms with van der Waals surface area (Å²) in [4.78, 5) is 35.1. The van der Waals surface area contributed by atoms with Gasteiger partial charge in [0.15, 0.2) is 11.5 Å². The van der Waals surface area contributed by atoms with Crippen molar-refractivity contribution in [2.75, 3.05) is 24.5 Å². The molecule has 0 radical (unpaired) electrons. The SMILES string of the molecule is CCN(C(=O)OC(C)(C)C)c1cc(CN2CCC(Oc3ccc(-n4c(-c5ccccn5)nc5cccnc54)cc3)CC2)ccn1. The van der Waals surface area contributed by atoms with E-state index in [1.54, 1.807) is 23.5 Å². The molecule has 1 saturated heterocycles. The second kappa shape index (κ2) is 13.0. The van der Waals surface area contributed by atoms with E-state index in [4.69, 9.17) is 14.5 Å². The van der Waals surface area contributed by atoms with Crippen molar-refractivity contribution in [2.24, 2.45) is 0 Å². The van der Waals surface area contributed by atoms with Crippen LogP contribution in [-0.4, -0.2) is 66.8 Å². The van der Waals surface area contributed by atoms with Crippen LogP contribution < -0.4 is 9.64 Å². The maximum absolute atomic E-state index is 12.7. The fourth-order valence-corrected chi connectivity index (χ4v) is 5.54. The molecule has 0 saturated carbocycles. The number of aromatic nitrogens is 5. The maximum atomic E-state index is 12.7. The second-order valence-corrected chi connectivity index (χ2v) is 12.2. The zero-order valence-corrected chi connectivity index (χ0v) is 26.3. The summed E-state index contributed by atoms with van der Waals surface area (Å²) in [7, 11) is 0. The van der Waals surface area contributed by atoms with Crippen molar-refractivity contribution in [3.63, 3.8) is 0 Å². The molecular formula is C35H39N7O3. The van der Waals surface area contributed by atoms with Gasteiger partial charge in [0.25, 0.3) is 0 Å². The summed E-state index contributed by atoms with van der Waals surface area (Å²) in [5, 5.41) is 0. The first-order valence-corrected chi connectivity index (χ1v) is 15.5. The summed E-state index contributed by atoms with van der Waals surface area (Å²) < 4.78 is 14.0. The van der Waals surface area contributed by atoms with Crippen molar-refractivity contribution < 1.29 is 14.3 Å². The van der Waals surface area contributed by atoms with E-state index in [2.05, 4.69) is 19.9 Å². The molecule has 1 amide bonds. The van der Waals surface area contributed by atoms with Gasteiger partial charge in [-0.25, -0.2) is 19.7 Å². The summed E-state index contributed by atoms with van der Waals surface area (Å²) in [6, 6.07) is 21.8. The number of benzene rings is 1. The van der Waals surface area contributed by atoms with Crippen LogP contribution in [0.4, 0.5) is 10.6 Å². The van der Waals surface area contributed by atoms with Crippen molar-refractivity contribution in [3.05, 3.63) is 90.9 Å². The average molecular weight is 606 g/mol. The van der Waals surface area contributed by atoms with Gasteiger partial charge in [0.2, 0.25) is 0 Å². The minimum atomic E-state index is -0.563. The molecule has 0 atom stereocenters. The molecule has 10 heteroatoms. The molecule has 10 nitrogen and oxygen atoms in total. The first kappa shape index (κ1) is 30.2. The van der Waals surface area contributed by atoms with Gasteiger partial charge in [-0.2, -0.15) is 0 Å². The van der Waals surface area contributed by atoms with E-state index in [-0.39, 0.29) is 12.2 Å². The Balaban J connectivity index is 1.08. The lowest BCUT2D eigenvalue weighted by atomic mass is 10.1. The third-order valence-electron chi connectivity index (χ3n) is 7.67. The molecule has 1 aliphatic heterocycles. The van der Waals surface area contributed by atoms with Crippen LogP contribution in [0.25, 0.3) is 28.4 Å². The van der Waals surface area contributed by atoms with E-state index in [1.807, 2.05) is 99.0 Å². The number of ether oxygens (including phenoxy) is 2. The maximum Gasteiger partial charge on any atom is 0.415 e. The highest BCUT2D eigenvalue weighted by Crippen LogP contribution is 2.28. The smallest absolute Gasteiger partial charge is 0.415 e. The van der Waals surface area contributed by atoms with Crippen molar-refractivity contribution in [2.45, 2.75) is 58.8 Å². The quantitative estimate of drug-likeness (QED) is 0.193. The number of hydrogen-bond donors (Lipinski definition) is 0. The highest BCUT2D eigenvalue weighted by Gasteiger charge is 2.25. The van der Waals surface area contributed by atoms with Crippen molar-refractivity contribution >= 4 is 23.1 Å². The van der Waals surface area contributed by atoms with Gasteiger partial charge >= 0.3 is 6.09 Å². The van der Waals surface area contributed by atoms with Gasteiger partial charge in [0, 0.05) is 50.5 Å². The standard InChI is InChI=1S/C35H39N7O3/c1-5-41(34(43)45-35(2,3)4)31-23-25(15-20-37-31)24-40-21-16-28(17-22-40)44-27-13-11-26(12-14-27)42-32-30(10-8-19-38-32)39-33(42)29-9-6-7-18-36-29/h6-15,18-20,23,28H,5,16-17,21-22,24H2,1-4H3. The molecule has 0 aliphatic carbocycles. The molecule has 5 heterocycles. The van der Waals surface area contributed by atoms with Gasteiger partial charge < -0.3 is 9.47 Å². The summed E-state index contributed by atoms with van der Waals surface area (Å²) in [5.74, 6) is 2.20. The van der Waals surface area contributed by atoms with E-state index < -0.39 is 5.60 Å². The number of amides is 1. The van der Waals surface area contributed by atoms with E-state index in [0.29, 0.717) is 12.4 Å². The van der Waals surface area contributed by atoms with E-state index in [9.17, 15) is 4.79 Å². The molecule has 1 fully saturated rings. The number of rotatable bonds is 8. The molecule has 232 valence electrons. The number of carbonyl (C=O) groups is 1. The predicted octanol–water partition coefficient (Wildman–Crippen LogP) is 6.68. The molecule has 5 aromatic rings. The Morgan fingerprint density at radius 2 is 1.71 bits per heavy atom. The number of carbonyl (C=O) groups excluding carboxylic acids is 1. The summed E-state index contributed by atoms with van der Waals surface area (Å²) >= 11 is 0. The Labute approximate surface area is 263 Å².